The van der Waals surface area contributed by atoms with Crippen LogP contribution in [-0.4, -0.2) is 63.2 Å². The summed E-state index contributed by atoms with van der Waals surface area (Å²) in [6.07, 6.45) is 5.56. The van der Waals surface area contributed by atoms with Gasteiger partial charge < -0.3 is 15.1 Å². The van der Waals surface area contributed by atoms with Crippen LogP contribution in [0.25, 0.3) is 10.9 Å². The van der Waals surface area contributed by atoms with Gasteiger partial charge in [0.2, 0.25) is 6.41 Å². The molecule has 2 aromatic heterocycles. The van der Waals surface area contributed by atoms with E-state index in [1.54, 1.807) is 16.0 Å². The maximum atomic E-state index is 12.5. The molecule has 8 heteroatoms. The number of piperazine rings is 1. The molecular formula is C19H18N6O2. The number of anilines is 2. The zero-order chi connectivity index (χ0) is 18.6. The van der Waals surface area contributed by atoms with Crippen LogP contribution in [0.5, 0.6) is 0 Å². The SMILES string of the molecule is O=CN1CCN(C(=O)c2cnc(Nc3cccc4cccnc34)cn2)CC1. The van der Waals surface area contributed by atoms with Crippen molar-refractivity contribution in [3.63, 3.8) is 0 Å². The molecule has 1 N–H and O–H groups in total. The van der Waals surface area contributed by atoms with Gasteiger partial charge >= 0.3 is 0 Å². The zero-order valence-electron chi connectivity index (χ0n) is 14.6. The predicted molar refractivity (Wildman–Crippen MR) is 101 cm³/mol. The van der Waals surface area contributed by atoms with Crippen molar-refractivity contribution < 1.29 is 9.59 Å². The van der Waals surface area contributed by atoms with Crippen molar-refractivity contribution in [1.82, 2.24) is 24.8 Å². The Balaban J connectivity index is 1.47. The van der Waals surface area contributed by atoms with Crippen molar-refractivity contribution in [2.75, 3.05) is 31.5 Å². The van der Waals surface area contributed by atoms with Crippen molar-refractivity contribution in [3.8, 4) is 0 Å². The molecule has 0 atom stereocenters. The molecule has 0 radical (unpaired) electrons. The van der Waals surface area contributed by atoms with Crippen molar-refractivity contribution in [1.29, 1.82) is 0 Å². The fraction of sp³-hybridized carbons (Fsp3) is 0.211. The highest BCUT2D eigenvalue weighted by Gasteiger charge is 2.22. The minimum absolute atomic E-state index is 0.175. The molecular weight excluding hydrogens is 344 g/mol. The first-order valence-electron chi connectivity index (χ1n) is 8.66. The predicted octanol–water partition coefficient (Wildman–Crippen LogP) is 1.68. The molecule has 1 aliphatic heterocycles. The van der Waals surface area contributed by atoms with Gasteiger partial charge in [-0.25, -0.2) is 9.97 Å². The number of para-hydroxylation sites is 1. The third-order valence-corrected chi connectivity index (χ3v) is 4.52. The number of aromatic nitrogens is 3. The highest BCUT2D eigenvalue weighted by Crippen LogP contribution is 2.23. The number of hydrogen-bond acceptors (Lipinski definition) is 6. The Labute approximate surface area is 155 Å². The maximum Gasteiger partial charge on any atom is 0.274 e. The molecule has 0 spiro atoms. The van der Waals surface area contributed by atoms with Crippen LogP contribution in [0.2, 0.25) is 0 Å². The summed E-state index contributed by atoms with van der Waals surface area (Å²) < 4.78 is 0. The molecule has 3 heterocycles. The number of hydrogen-bond donors (Lipinski definition) is 1. The largest absolute Gasteiger partial charge is 0.342 e. The van der Waals surface area contributed by atoms with E-state index in [1.807, 2.05) is 30.3 Å². The maximum absolute atomic E-state index is 12.5. The summed E-state index contributed by atoms with van der Waals surface area (Å²) in [6, 6.07) is 9.73. The van der Waals surface area contributed by atoms with Crippen molar-refractivity contribution >= 4 is 34.7 Å². The molecule has 3 aromatic rings. The molecule has 27 heavy (non-hydrogen) atoms. The summed E-state index contributed by atoms with van der Waals surface area (Å²) in [4.78, 5) is 39.6. The highest BCUT2D eigenvalue weighted by atomic mass is 16.2. The van der Waals surface area contributed by atoms with Crippen LogP contribution in [0, 0.1) is 0 Å². The second kappa shape index (κ2) is 7.36. The fourth-order valence-electron chi connectivity index (χ4n) is 3.04. The highest BCUT2D eigenvalue weighted by molar-refractivity contribution is 5.93. The summed E-state index contributed by atoms with van der Waals surface area (Å²) in [5, 5.41) is 4.22. The van der Waals surface area contributed by atoms with E-state index in [2.05, 4.69) is 20.3 Å². The van der Waals surface area contributed by atoms with Crippen molar-refractivity contribution in [2.24, 2.45) is 0 Å². The van der Waals surface area contributed by atoms with Crippen LogP contribution in [0.4, 0.5) is 11.5 Å². The van der Waals surface area contributed by atoms with Gasteiger partial charge in [-0.2, -0.15) is 0 Å². The quantitative estimate of drug-likeness (QED) is 0.710. The molecule has 4 rings (SSSR count). The molecule has 0 bridgehead atoms. The number of amides is 2. The minimum Gasteiger partial charge on any atom is -0.342 e. The standard InChI is InChI=1S/C19H18N6O2/c26-13-24-7-9-25(10-8-24)19(27)16-11-22-17(12-21-16)23-15-5-1-3-14-4-2-6-20-18(14)15/h1-6,11-13H,7-10H2,(H,22,23). The summed E-state index contributed by atoms with van der Waals surface area (Å²) in [6.45, 7) is 2.08. The second-order valence-corrected chi connectivity index (χ2v) is 6.23. The Morgan fingerprint density at radius 3 is 2.56 bits per heavy atom. The van der Waals surface area contributed by atoms with Crippen molar-refractivity contribution in [3.05, 3.63) is 54.6 Å². The number of fused-ring (bicyclic) bond motifs is 1. The van der Waals surface area contributed by atoms with E-state index in [9.17, 15) is 9.59 Å². The molecule has 0 aliphatic carbocycles. The Morgan fingerprint density at radius 2 is 1.81 bits per heavy atom. The smallest absolute Gasteiger partial charge is 0.274 e. The number of nitrogens with zero attached hydrogens (tertiary/aromatic N) is 5. The van der Waals surface area contributed by atoms with Gasteiger partial charge in [-0.1, -0.05) is 18.2 Å². The third kappa shape index (κ3) is 3.55. The van der Waals surface area contributed by atoms with Crippen LogP contribution in [-0.2, 0) is 4.79 Å². The normalized spacial score (nSPS) is 14.2. The molecule has 2 amide bonds. The Hall–Kier alpha value is -3.55. The first-order valence-corrected chi connectivity index (χ1v) is 8.66. The first-order chi connectivity index (χ1) is 13.2. The topological polar surface area (TPSA) is 91.3 Å². The molecule has 0 saturated carbocycles. The lowest BCUT2D eigenvalue weighted by molar-refractivity contribution is -0.119. The number of benzene rings is 1. The van der Waals surface area contributed by atoms with E-state index in [0.717, 1.165) is 23.0 Å². The van der Waals surface area contributed by atoms with Gasteiger partial charge in [-0.15, -0.1) is 0 Å². The van der Waals surface area contributed by atoms with Crippen molar-refractivity contribution in [2.45, 2.75) is 0 Å². The second-order valence-electron chi connectivity index (χ2n) is 6.23. The van der Waals surface area contributed by atoms with Crippen LogP contribution >= 0.6 is 0 Å². The average Bonchev–Trinajstić information content (AvgIpc) is 2.74. The van der Waals surface area contributed by atoms with Gasteiger partial charge in [0, 0.05) is 37.8 Å². The molecule has 1 fully saturated rings. The lowest BCUT2D eigenvalue weighted by Gasteiger charge is -2.32. The van der Waals surface area contributed by atoms with Gasteiger partial charge in [0.25, 0.3) is 5.91 Å². The van der Waals surface area contributed by atoms with E-state index in [-0.39, 0.29) is 11.6 Å². The number of carbonyl (C=O) groups is 2. The number of nitrogens with one attached hydrogen (secondary N) is 1. The monoisotopic (exact) mass is 362 g/mol. The van der Waals surface area contributed by atoms with Gasteiger partial charge in [-0.3, -0.25) is 14.6 Å². The summed E-state index contributed by atoms with van der Waals surface area (Å²) in [5.74, 6) is 0.363. The lowest BCUT2D eigenvalue weighted by Crippen LogP contribution is -2.48. The van der Waals surface area contributed by atoms with Crippen LogP contribution in [0.3, 0.4) is 0 Å². The molecule has 0 unspecified atom stereocenters. The van der Waals surface area contributed by atoms with Gasteiger partial charge in [-0.05, 0) is 12.1 Å². The number of rotatable bonds is 4. The van der Waals surface area contributed by atoms with E-state index in [4.69, 9.17) is 0 Å². The zero-order valence-corrected chi connectivity index (χ0v) is 14.6. The van der Waals surface area contributed by atoms with E-state index in [0.29, 0.717) is 32.0 Å². The molecule has 136 valence electrons. The van der Waals surface area contributed by atoms with Crippen LogP contribution < -0.4 is 5.32 Å². The molecule has 1 aromatic carbocycles. The van der Waals surface area contributed by atoms with E-state index in [1.165, 1.54) is 12.4 Å². The van der Waals surface area contributed by atoms with Gasteiger partial charge in [0.15, 0.2) is 0 Å². The van der Waals surface area contributed by atoms with Crippen LogP contribution in [0.15, 0.2) is 48.9 Å². The Morgan fingerprint density at radius 1 is 1.00 bits per heavy atom. The molecule has 8 nitrogen and oxygen atoms in total. The minimum atomic E-state index is -0.175. The average molecular weight is 362 g/mol. The number of carbonyl (C=O) groups excluding carboxylic acids is 2. The van der Waals surface area contributed by atoms with E-state index < -0.39 is 0 Å². The molecule has 1 aliphatic rings. The van der Waals surface area contributed by atoms with Crippen LogP contribution in [0.1, 0.15) is 10.5 Å². The first kappa shape index (κ1) is 16.9. The fourth-order valence-corrected chi connectivity index (χ4v) is 3.04. The van der Waals surface area contributed by atoms with Gasteiger partial charge in [0.05, 0.1) is 23.6 Å². The molecule has 1 saturated heterocycles. The summed E-state index contributed by atoms with van der Waals surface area (Å²) in [7, 11) is 0. The Bertz CT molecular complexity index is 962. The summed E-state index contributed by atoms with van der Waals surface area (Å²) >= 11 is 0. The Kier molecular flexibility index (Phi) is 4.61. The van der Waals surface area contributed by atoms with E-state index >= 15 is 0 Å². The lowest BCUT2D eigenvalue weighted by atomic mass is 10.2. The number of pyridine rings is 1. The third-order valence-electron chi connectivity index (χ3n) is 4.52. The summed E-state index contributed by atoms with van der Waals surface area (Å²) in [5.41, 5.74) is 1.96. The van der Waals surface area contributed by atoms with Gasteiger partial charge in [0.1, 0.15) is 11.5 Å².